The molecule has 2 nitrogen and oxygen atoms in total. The van der Waals surface area contributed by atoms with E-state index in [1.165, 1.54) is 62.5 Å². The summed E-state index contributed by atoms with van der Waals surface area (Å²) in [5.41, 5.74) is 2.81. The maximum atomic E-state index is 11.0. The number of benzene rings is 1. The van der Waals surface area contributed by atoms with Crippen molar-refractivity contribution in [3.05, 3.63) is 35.4 Å². The quantitative estimate of drug-likeness (QED) is 0.708. The summed E-state index contributed by atoms with van der Waals surface area (Å²) < 4.78 is 0. The first-order chi connectivity index (χ1) is 12.2. The first-order valence-electron chi connectivity index (χ1n) is 10.7. The first kappa shape index (κ1) is 21.7. The van der Waals surface area contributed by atoms with Gasteiger partial charge in [0.1, 0.15) is 0 Å². The molecule has 1 aliphatic heterocycles. The van der Waals surface area contributed by atoms with Crippen LogP contribution in [-0.4, -0.2) is 35.2 Å². The highest BCUT2D eigenvalue weighted by atomic mass is 35.5. The van der Waals surface area contributed by atoms with Crippen molar-refractivity contribution in [1.29, 1.82) is 0 Å². The Morgan fingerprint density at radius 3 is 2.15 bits per heavy atom. The van der Waals surface area contributed by atoms with Crippen LogP contribution in [0.1, 0.15) is 94.6 Å². The van der Waals surface area contributed by atoms with E-state index >= 15 is 0 Å². The van der Waals surface area contributed by atoms with Crippen LogP contribution in [0, 0.1) is 0 Å². The van der Waals surface area contributed by atoms with Crippen molar-refractivity contribution in [2.24, 2.45) is 0 Å². The maximum absolute atomic E-state index is 11.0. The van der Waals surface area contributed by atoms with E-state index < -0.39 is 0 Å². The van der Waals surface area contributed by atoms with Crippen LogP contribution >= 0.6 is 12.4 Å². The van der Waals surface area contributed by atoms with Crippen LogP contribution in [0.5, 0.6) is 0 Å². The van der Waals surface area contributed by atoms with E-state index in [1.54, 1.807) is 0 Å². The Labute approximate surface area is 166 Å². The van der Waals surface area contributed by atoms with E-state index in [0.29, 0.717) is 17.9 Å². The average molecular weight is 380 g/mol. The number of piperidine rings is 1. The molecule has 1 heterocycles. The molecule has 0 spiro atoms. The van der Waals surface area contributed by atoms with Gasteiger partial charge in [0.15, 0.2) is 0 Å². The molecular formula is C23H38ClNO. The minimum atomic E-state index is -0.221. The third kappa shape index (κ3) is 5.47. The van der Waals surface area contributed by atoms with Crippen molar-refractivity contribution in [2.75, 3.05) is 13.1 Å². The smallest absolute Gasteiger partial charge is 0.0736 e. The standard InChI is InChI=1S/C23H37NO.ClH/c1-18(2)20-13-9-10-14-21(20)22-15-16-24(17-23(22)25)19-11-7-5-3-4-6-8-12-19;/h9-10,13-14,18-19,22-23,25H,3-8,11-12,15-17H2,1-2H3;1H. The summed E-state index contributed by atoms with van der Waals surface area (Å²) in [7, 11) is 0. The molecule has 1 saturated heterocycles. The molecule has 2 aliphatic rings. The van der Waals surface area contributed by atoms with Crippen molar-refractivity contribution in [3.8, 4) is 0 Å². The van der Waals surface area contributed by atoms with Gasteiger partial charge in [0.05, 0.1) is 6.10 Å². The van der Waals surface area contributed by atoms with Gasteiger partial charge in [0.2, 0.25) is 0 Å². The van der Waals surface area contributed by atoms with Gasteiger partial charge in [-0.15, -0.1) is 12.4 Å². The second-order valence-electron chi connectivity index (χ2n) is 8.59. The summed E-state index contributed by atoms with van der Waals surface area (Å²) in [5, 5.41) is 11.0. The molecule has 2 unspecified atom stereocenters. The predicted molar refractivity (Wildman–Crippen MR) is 113 cm³/mol. The zero-order valence-corrected chi connectivity index (χ0v) is 17.5. The van der Waals surface area contributed by atoms with Gasteiger partial charge in [0.25, 0.3) is 0 Å². The second kappa shape index (κ2) is 10.7. The number of aliphatic hydroxyl groups is 1. The molecule has 26 heavy (non-hydrogen) atoms. The van der Waals surface area contributed by atoms with Gasteiger partial charge in [-0.3, -0.25) is 4.90 Å². The molecule has 3 rings (SSSR count). The number of hydrogen-bond acceptors (Lipinski definition) is 2. The summed E-state index contributed by atoms with van der Waals surface area (Å²) >= 11 is 0. The minimum Gasteiger partial charge on any atom is -0.391 e. The number of nitrogens with zero attached hydrogens (tertiary/aromatic N) is 1. The average Bonchev–Trinajstić information content (AvgIpc) is 2.75. The highest BCUT2D eigenvalue weighted by Gasteiger charge is 2.33. The van der Waals surface area contributed by atoms with E-state index in [1.807, 2.05) is 0 Å². The number of β-amino-alcohol motifs (C(OH)–C–C–N with tert-alkyl or cyclic N) is 1. The van der Waals surface area contributed by atoms with Crippen molar-refractivity contribution in [3.63, 3.8) is 0 Å². The molecule has 2 fully saturated rings. The molecule has 3 heteroatoms. The van der Waals surface area contributed by atoms with Gasteiger partial charge in [-0.1, -0.05) is 76.6 Å². The van der Waals surface area contributed by atoms with Crippen LogP contribution in [0.25, 0.3) is 0 Å². The molecule has 1 aliphatic carbocycles. The number of halogens is 1. The van der Waals surface area contributed by atoms with Crippen LogP contribution in [0.15, 0.2) is 24.3 Å². The largest absolute Gasteiger partial charge is 0.391 e. The van der Waals surface area contributed by atoms with Gasteiger partial charge >= 0.3 is 0 Å². The van der Waals surface area contributed by atoms with E-state index in [0.717, 1.165) is 19.5 Å². The molecule has 1 aromatic carbocycles. The topological polar surface area (TPSA) is 23.5 Å². The summed E-state index contributed by atoms with van der Waals surface area (Å²) in [6.07, 6.45) is 11.9. The van der Waals surface area contributed by atoms with Crippen LogP contribution in [0.3, 0.4) is 0 Å². The van der Waals surface area contributed by atoms with Crippen LogP contribution in [0.2, 0.25) is 0 Å². The third-order valence-corrected chi connectivity index (χ3v) is 6.47. The molecule has 2 atom stereocenters. The summed E-state index contributed by atoms with van der Waals surface area (Å²) in [5.74, 6) is 0.835. The zero-order chi connectivity index (χ0) is 17.6. The Hall–Kier alpha value is -0.570. The SMILES string of the molecule is CC(C)c1ccccc1C1CCN(C2CCCCCCCC2)CC1O.Cl. The third-order valence-electron chi connectivity index (χ3n) is 6.47. The van der Waals surface area contributed by atoms with Gasteiger partial charge in [-0.25, -0.2) is 0 Å². The highest BCUT2D eigenvalue weighted by Crippen LogP contribution is 2.35. The Morgan fingerprint density at radius 2 is 1.54 bits per heavy atom. The molecule has 0 aromatic heterocycles. The Morgan fingerprint density at radius 1 is 0.923 bits per heavy atom. The Kier molecular flexibility index (Phi) is 8.93. The van der Waals surface area contributed by atoms with E-state index in [9.17, 15) is 5.11 Å². The molecule has 0 amide bonds. The van der Waals surface area contributed by atoms with Crippen LogP contribution in [-0.2, 0) is 0 Å². The van der Waals surface area contributed by atoms with Crippen molar-refractivity contribution < 1.29 is 5.11 Å². The second-order valence-corrected chi connectivity index (χ2v) is 8.59. The normalized spacial score (nSPS) is 26.6. The van der Waals surface area contributed by atoms with Crippen molar-refractivity contribution >= 4 is 12.4 Å². The van der Waals surface area contributed by atoms with Crippen molar-refractivity contribution in [2.45, 2.75) is 95.6 Å². The molecule has 1 saturated carbocycles. The molecule has 1 N–H and O–H groups in total. The number of rotatable bonds is 3. The van der Waals surface area contributed by atoms with Crippen molar-refractivity contribution in [1.82, 2.24) is 4.90 Å². The Bertz CT molecular complexity index is 523. The summed E-state index contributed by atoms with van der Waals surface area (Å²) in [4.78, 5) is 2.62. The van der Waals surface area contributed by atoms with E-state index in [4.69, 9.17) is 0 Å². The fraction of sp³-hybridized carbons (Fsp3) is 0.739. The fourth-order valence-corrected chi connectivity index (χ4v) is 5.00. The highest BCUT2D eigenvalue weighted by molar-refractivity contribution is 5.85. The molecular weight excluding hydrogens is 342 g/mol. The van der Waals surface area contributed by atoms with E-state index in [-0.39, 0.29) is 18.5 Å². The molecule has 0 radical (unpaired) electrons. The predicted octanol–water partition coefficient (Wildman–Crippen LogP) is 5.89. The molecule has 1 aromatic rings. The molecule has 0 bridgehead atoms. The minimum absolute atomic E-state index is 0. The van der Waals surface area contributed by atoms with Gasteiger partial charge in [0, 0.05) is 18.5 Å². The lowest BCUT2D eigenvalue weighted by Gasteiger charge is -2.41. The zero-order valence-electron chi connectivity index (χ0n) is 16.7. The van der Waals surface area contributed by atoms with Gasteiger partial charge in [-0.2, -0.15) is 0 Å². The monoisotopic (exact) mass is 379 g/mol. The summed E-state index contributed by atoms with van der Waals surface area (Å²) in [6.45, 7) is 6.54. The first-order valence-corrected chi connectivity index (χ1v) is 10.7. The number of likely N-dealkylation sites (tertiary alicyclic amines) is 1. The lowest BCUT2D eigenvalue weighted by Crippen LogP contribution is -2.47. The Balaban J connectivity index is 0.00000243. The van der Waals surface area contributed by atoms with E-state index in [2.05, 4.69) is 43.0 Å². The lowest BCUT2D eigenvalue weighted by molar-refractivity contribution is 0.0244. The van der Waals surface area contributed by atoms with Crippen LogP contribution in [0.4, 0.5) is 0 Å². The fourth-order valence-electron chi connectivity index (χ4n) is 5.00. The number of aliphatic hydroxyl groups excluding tert-OH is 1. The lowest BCUT2D eigenvalue weighted by atomic mass is 9.81. The summed E-state index contributed by atoms with van der Waals surface area (Å²) in [6, 6.07) is 9.47. The van der Waals surface area contributed by atoms with Crippen LogP contribution < -0.4 is 0 Å². The number of hydrogen-bond donors (Lipinski definition) is 1. The molecule has 148 valence electrons. The van der Waals surface area contributed by atoms with Gasteiger partial charge in [-0.05, 0) is 42.9 Å². The maximum Gasteiger partial charge on any atom is 0.0736 e. The van der Waals surface area contributed by atoms with Gasteiger partial charge < -0.3 is 5.11 Å².